The maximum Gasteiger partial charge on any atom is 0.320 e. The Bertz CT molecular complexity index is 1300. The van der Waals surface area contributed by atoms with Crippen molar-refractivity contribution < 1.29 is 28.5 Å². The molecule has 12 nitrogen and oxygen atoms in total. The van der Waals surface area contributed by atoms with Crippen molar-refractivity contribution in [2.75, 3.05) is 18.5 Å². The molecule has 38 heavy (non-hydrogen) atoms. The molecule has 0 bridgehead atoms. The van der Waals surface area contributed by atoms with Crippen molar-refractivity contribution in [2.45, 2.75) is 57.5 Å². The Morgan fingerprint density at radius 2 is 1.89 bits per heavy atom. The minimum atomic E-state index is -0.625. The molecule has 2 aromatic heterocycles. The Labute approximate surface area is 219 Å². The van der Waals surface area contributed by atoms with Gasteiger partial charge in [0.15, 0.2) is 29.5 Å². The minimum absolute atomic E-state index is 0.190. The molecule has 2 N–H and O–H groups in total. The Morgan fingerprint density at radius 3 is 2.68 bits per heavy atom. The van der Waals surface area contributed by atoms with Crippen molar-refractivity contribution in [1.29, 1.82) is 0 Å². The van der Waals surface area contributed by atoms with E-state index in [0.717, 1.165) is 5.56 Å². The number of benzene rings is 1. The van der Waals surface area contributed by atoms with Crippen LogP contribution in [0.3, 0.4) is 0 Å². The van der Waals surface area contributed by atoms with Gasteiger partial charge in [0.1, 0.15) is 18.5 Å². The number of carbonyl (C=O) groups is 2. The van der Waals surface area contributed by atoms with Crippen LogP contribution in [-0.4, -0.2) is 69.3 Å². The van der Waals surface area contributed by atoms with E-state index < -0.39 is 30.8 Å². The predicted molar refractivity (Wildman–Crippen MR) is 137 cm³/mol. The monoisotopic (exact) mass is 522 g/mol. The molecule has 4 unspecified atom stereocenters. The summed E-state index contributed by atoms with van der Waals surface area (Å²) in [6.45, 7) is 4.38. The van der Waals surface area contributed by atoms with E-state index in [1.807, 2.05) is 49.4 Å². The van der Waals surface area contributed by atoms with Gasteiger partial charge in [0.25, 0.3) is 0 Å². The van der Waals surface area contributed by atoms with E-state index in [0.29, 0.717) is 30.7 Å². The largest absolute Gasteiger partial charge is 0.466 e. The second-order valence-electron chi connectivity index (χ2n) is 8.78. The van der Waals surface area contributed by atoms with Gasteiger partial charge in [-0.3, -0.25) is 14.7 Å². The standard InChI is InChI=1S/C26H30N6O6/c1-3-27-26(34)31-23-20-24(29-14-28-23)32(15-30-20)25-22-21(17(36-25)11-12-18(33)35-4-2)37-19(38-22)13-10-16-8-6-5-7-9-16/h5-10,13-15,17,19,21-22,25H,3-4,11-12H2,1-2H3,(H2,27,28,29,31,34)/t17?,19-,21?,22?,25?/m0/s1. The van der Waals surface area contributed by atoms with E-state index in [4.69, 9.17) is 18.9 Å². The van der Waals surface area contributed by atoms with Crippen molar-refractivity contribution in [2.24, 2.45) is 0 Å². The van der Waals surface area contributed by atoms with Crippen LogP contribution in [-0.2, 0) is 23.7 Å². The predicted octanol–water partition coefficient (Wildman–Crippen LogP) is 3.03. The molecule has 3 aromatic rings. The summed E-state index contributed by atoms with van der Waals surface area (Å²) in [4.78, 5) is 37.1. The van der Waals surface area contributed by atoms with E-state index in [2.05, 4.69) is 25.6 Å². The fourth-order valence-corrected chi connectivity index (χ4v) is 4.60. The second-order valence-corrected chi connectivity index (χ2v) is 8.78. The Balaban J connectivity index is 1.39. The number of amides is 2. The number of urea groups is 1. The van der Waals surface area contributed by atoms with Gasteiger partial charge in [-0.15, -0.1) is 0 Å². The van der Waals surface area contributed by atoms with E-state index in [-0.39, 0.29) is 24.2 Å². The molecule has 12 heteroatoms. The molecule has 0 saturated carbocycles. The average molecular weight is 523 g/mol. The van der Waals surface area contributed by atoms with Gasteiger partial charge in [0.05, 0.1) is 19.0 Å². The summed E-state index contributed by atoms with van der Waals surface area (Å²) in [5, 5.41) is 5.36. The van der Waals surface area contributed by atoms with Crippen molar-refractivity contribution >= 4 is 35.1 Å². The van der Waals surface area contributed by atoms with Crippen LogP contribution >= 0.6 is 0 Å². The topological polar surface area (TPSA) is 139 Å². The van der Waals surface area contributed by atoms with E-state index in [9.17, 15) is 9.59 Å². The van der Waals surface area contributed by atoms with Gasteiger partial charge in [-0.25, -0.2) is 19.7 Å². The highest BCUT2D eigenvalue weighted by atomic mass is 16.8. The van der Waals surface area contributed by atoms with Crippen LogP contribution in [0.1, 0.15) is 38.5 Å². The van der Waals surface area contributed by atoms with Crippen LogP contribution < -0.4 is 10.6 Å². The first-order valence-corrected chi connectivity index (χ1v) is 12.6. The summed E-state index contributed by atoms with van der Waals surface area (Å²) in [7, 11) is 0. The van der Waals surface area contributed by atoms with Crippen LogP contribution in [0, 0.1) is 0 Å². The molecule has 2 amide bonds. The molecule has 2 aliphatic heterocycles. The number of fused-ring (bicyclic) bond motifs is 2. The number of rotatable bonds is 9. The highest BCUT2D eigenvalue weighted by Gasteiger charge is 2.53. The van der Waals surface area contributed by atoms with Gasteiger partial charge >= 0.3 is 12.0 Å². The maximum absolute atomic E-state index is 12.1. The SMILES string of the molecule is CCNC(=O)Nc1ncnc2c1ncn2C1OC(CCC(=O)OCC)C2O[C@H](C=Cc3ccccc3)OC21. The number of aromatic nitrogens is 4. The lowest BCUT2D eigenvalue weighted by Crippen LogP contribution is -2.29. The van der Waals surface area contributed by atoms with Gasteiger partial charge < -0.3 is 24.3 Å². The number of carbonyl (C=O) groups excluding carboxylic acids is 2. The van der Waals surface area contributed by atoms with Crippen LogP contribution in [0.4, 0.5) is 10.6 Å². The first-order valence-electron chi connectivity index (χ1n) is 12.6. The molecule has 0 radical (unpaired) electrons. The lowest BCUT2D eigenvalue weighted by Gasteiger charge is -2.20. The van der Waals surface area contributed by atoms with Gasteiger partial charge in [-0.05, 0) is 31.9 Å². The average Bonchev–Trinajstić information content (AvgIpc) is 3.61. The molecule has 2 fully saturated rings. The number of anilines is 1. The summed E-state index contributed by atoms with van der Waals surface area (Å²) < 4.78 is 25.7. The fourth-order valence-electron chi connectivity index (χ4n) is 4.60. The molecule has 0 aliphatic carbocycles. The van der Waals surface area contributed by atoms with Crippen LogP contribution in [0.5, 0.6) is 0 Å². The van der Waals surface area contributed by atoms with Crippen molar-refractivity contribution in [3.63, 3.8) is 0 Å². The highest BCUT2D eigenvalue weighted by Crippen LogP contribution is 2.42. The van der Waals surface area contributed by atoms with Crippen LogP contribution in [0.2, 0.25) is 0 Å². The number of esters is 1. The van der Waals surface area contributed by atoms with Gasteiger partial charge in [-0.1, -0.05) is 36.4 Å². The number of imidazole rings is 1. The summed E-state index contributed by atoms with van der Waals surface area (Å²) in [5.41, 5.74) is 1.90. The van der Waals surface area contributed by atoms with Gasteiger partial charge in [0, 0.05) is 13.0 Å². The zero-order valence-corrected chi connectivity index (χ0v) is 21.1. The quantitative estimate of drug-likeness (QED) is 0.406. The number of nitrogens with one attached hydrogen (secondary N) is 2. The highest BCUT2D eigenvalue weighted by molar-refractivity contribution is 5.95. The number of hydrogen-bond acceptors (Lipinski definition) is 9. The van der Waals surface area contributed by atoms with Crippen molar-refractivity contribution in [3.8, 4) is 0 Å². The molecular formula is C26H30N6O6. The Kier molecular flexibility index (Phi) is 7.91. The molecule has 5 rings (SSSR count). The first kappa shape index (κ1) is 25.8. The minimum Gasteiger partial charge on any atom is -0.466 e. The summed E-state index contributed by atoms with van der Waals surface area (Å²) in [6, 6.07) is 9.46. The van der Waals surface area contributed by atoms with E-state index >= 15 is 0 Å². The zero-order chi connectivity index (χ0) is 26.5. The molecule has 0 spiro atoms. The molecule has 5 atom stereocenters. The number of hydrogen-bond donors (Lipinski definition) is 2. The smallest absolute Gasteiger partial charge is 0.320 e. The normalized spacial score (nSPS) is 24.5. The zero-order valence-electron chi connectivity index (χ0n) is 21.1. The Hall–Kier alpha value is -3.87. The number of nitrogens with zero attached hydrogens (tertiary/aromatic N) is 4. The summed E-state index contributed by atoms with van der Waals surface area (Å²) >= 11 is 0. The van der Waals surface area contributed by atoms with E-state index in [1.165, 1.54) is 6.33 Å². The van der Waals surface area contributed by atoms with Crippen LogP contribution in [0.15, 0.2) is 49.1 Å². The second kappa shape index (κ2) is 11.7. The van der Waals surface area contributed by atoms with Gasteiger partial charge in [0.2, 0.25) is 0 Å². The number of ether oxygens (including phenoxy) is 4. The third kappa shape index (κ3) is 5.52. The molecule has 1 aromatic carbocycles. The third-order valence-electron chi connectivity index (χ3n) is 6.25. The molecule has 200 valence electrons. The molecule has 2 saturated heterocycles. The molecule has 4 heterocycles. The summed E-state index contributed by atoms with van der Waals surface area (Å²) in [5.74, 6) is -0.0159. The van der Waals surface area contributed by atoms with Crippen molar-refractivity contribution in [3.05, 3.63) is 54.6 Å². The van der Waals surface area contributed by atoms with E-state index in [1.54, 1.807) is 17.8 Å². The summed E-state index contributed by atoms with van der Waals surface area (Å²) in [6.07, 6.45) is 4.77. The molecule has 2 aliphatic rings. The van der Waals surface area contributed by atoms with Crippen molar-refractivity contribution in [1.82, 2.24) is 24.8 Å². The van der Waals surface area contributed by atoms with Gasteiger partial charge in [-0.2, -0.15) is 0 Å². The molecular weight excluding hydrogens is 492 g/mol. The first-order chi connectivity index (χ1) is 18.6. The maximum atomic E-state index is 12.1. The lowest BCUT2D eigenvalue weighted by molar-refractivity contribution is -0.146. The lowest BCUT2D eigenvalue weighted by atomic mass is 10.1. The third-order valence-corrected chi connectivity index (χ3v) is 6.25. The fraction of sp³-hybridized carbons (Fsp3) is 0.423. The van der Waals surface area contributed by atoms with Crippen LogP contribution in [0.25, 0.3) is 17.2 Å². The Morgan fingerprint density at radius 1 is 1.08 bits per heavy atom.